The summed E-state index contributed by atoms with van der Waals surface area (Å²) in [6, 6.07) is 1.68. The van der Waals surface area contributed by atoms with Crippen LogP contribution in [0, 0.1) is 0 Å². The number of hydrogen-bond donors (Lipinski definition) is 2. The molecule has 1 aliphatic heterocycles. The van der Waals surface area contributed by atoms with Gasteiger partial charge in [-0.2, -0.15) is 0 Å². The molecule has 1 unspecified atom stereocenters. The van der Waals surface area contributed by atoms with Gasteiger partial charge in [-0.05, 0) is 31.7 Å². The van der Waals surface area contributed by atoms with Crippen molar-refractivity contribution < 1.29 is 13.2 Å². The number of hydrogen-bond acceptors (Lipinski definition) is 5. The molecule has 1 atom stereocenters. The van der Waals surface area contributed by atoms with E-state index in [2.05, 4.69) is 15.0 Å². The van der Waals surface area contributed by atoms with Crippen LogP contribution in [0.25, 0.3) is 0 Å². The summed E-state index contributed by atoms with van der Waals surface area (Å²) >= 11 is 0. The third-order valence-electron chi connectivity index (χ3n) is 3.42. The molecule has 2 heterocycles. The first kappa shape index (κ1) is 16.2. The van der Waals surface area contributed by atoms with E-state index in [-0.39, 0.29) is 11.0 Å². The zero-order valence-corrected chi connectivity index (χ0v) is 13.2. The van der Waals surface area contributed by atoms with Gasteiger partial charge in [0.25, 0.3) is 0 Å². The summed E-state index contributed by atoms with van der Waals surface area (Å²) in [6.45, 7) is 3.92. The van der Waals surface area contributed by atoms with Gasteiger partial charge >= 0.3 is 0 Å². The van der Waals surface area contributed by atoms with Crippen LogP contribution in [0.5, 0.6) is 0 Å². The third kappa shape index (κ3) is 4.66. The fraction of sp³-hybridized carbons (Fsp3) is 0.643. The van der Waals surface area contributed by atoms with Crippen molar-refractivity contribution in [3.8, 4) is 0 Å². The maximum absolute atomic E-state index is 12.4. The fourth-order valence-corrected chi connectivity index (χ4v) is 3.48. The second-order valence-electron chi connectivity index (χ2n) is 5.12. The Balaban J connectivity index is 1.97. The monoisotopic (exact) mass is 313 g/mol. The summed E-state index contributed by atoms with van der Waals surface area (Å²) in [6.07, 6.45) is 6.85. The second-order valence-corrected chi connectivity index (χ2v) is 6.86. The Hall–Kier alpha value is -1.18. The molecule has 7 heteroatoms. The molecular weight excluding hydrogens is 290 g/mol. The van der Waals surface area contributed by atoms with Gasteiger partial charge in [0.05, 0.1) is 11.8 Å². The lowest BCUT2D eigenvalue weighted by Crippen LogP contribution is -2.28. The van der Waals surface area contributed by atoms with E-state index in [1.54, 1.807) is 12.3 Å². The van der Waals surface area contributed by atoms with E-state index < -0.39 is 10.0 Å². The van der Waals surface area contributed by atoms with Gasteiger partial charge in [0.15, 0.2) is 0 Å². The lowest BCUT2D eigenvalue weighted by molar-refractivity contribution is 0.105. The van der Waals surface area contributed by atoms with Crippen molar-refractivity contribution in [2.45, 2.75) is 43.6 Å². The van der Waals surface area contributed by atoms with E-state index >= 15 is 0 Å². The van der Waals surface area contributed by atoms with Crippen LogP contribution in [0.4, 0.5) is 5.69 Å². The summed E-state index contributed by atoms with van der Waals surface area (Å²) in [7, 11) is -3.54. The summed E-state index contributed by atoms with van der Waals surface area (Å²) in [5, 5.41) is 3.12. The van der Waals surface area contributed by atoms with Crippen molar-refractivity contribution in [2.75, 3.05) is 25.0 Å². The van der Waals surface area contributed by atoms with Crippen molar-refractivity contribution >= 4 is 15.7 Å². The van der Waals surface area contributed by atoms with Gasteiger partial charge in [-0.15, -0.1) is 0 Å². The molecule has 2 N–H and O–H groups in total. The first-order valence-corrected chi connectivity index (χ1v) is 8.91. The van der Waals surface area contributed by atoms with Crippen molar-refractivity contribution in [3.05, 3.63) is 18.5 Å². The highest BCUT2D eigenvalue weighted by Crippen LogP contribution is 2.20. The minimum Gasteiger partial charge on any atom is -0.384 e. The smallest absolute Gasteiger partial charge is 0.244 e. The topological polar surface area (TPSA) is 80.3 Å². The molecule has 2 rings (SSSR count). The predicted molar refractivity (Wildman–Crippen MR) is 81.8 cm³/mol. The molecule has 0 amide bonds. The summed E-state index contributed by atoms with van der Waals surface area (Å²) < 4.78 is 32.8. The molecule has 1 aromatic heterocycles. The Labute approximate surface area is 126 Å². The molecule has 1 fully saturated rings. The number of nitrogens with zero attached hydrogens (tertiary/aromatic N) is 1. The van der Waals surface area contributed by atoms with Crippen molar-refractivity contribution in [2.24, 2.45) is 0 Å². The molecule has 0 spiro atoms. The molecular formula is C14H23N3O3S. The van der Waals surface area contributed by atoms with E-state index in [9.17, 15) is 8.42 Å². The Kier molecular flexibility index (Phi) is 5.96. The number of pyridine rings is 1. The molecule has 0 bridgehead atoms. The van der Waals surface area contributed by atoms with E-state index in [0.29, 0.717) is 18.7 Å². The van der Waals surface area contributed by atoms with Crippen molar-refractivity contribution in [1.82, 2.24) is 9.71 Å². The first-order chi connectivity index (χ1) is 10.1. The molecule has 0 aromatic carbocycles. The molecule has 21 heavy (non-hydrogen) atoms. The Bertz CT molecular complexity index is 542. The number of anilines is 1. The summed E-state index contributed by atoms with van der Waals surface area (Å²) in [4.78, 5) is 4.12. The summed E-state index contributed by atoms with van der Waals surface area (Å²) in [5.41, 5.74) is 0.594. The maximum atomic E-state index is 12.4. The molecule has 6 nitrogen and oxygen atoms in total. The van der Waals surface area contributed by atoms with Gasteiger partial charge in [-0.3, -0.25) is 4.98 Å². The number of sulfonamides is 1. The van der Waals surface area contributed by atoms with Crippen LogP contribution in [0.2, 0.25) is 0 Å². The Morgan fingerprint density at radius 3 is 3.00 bits per heavy atom. The Morgan fingerprint density at radius 2 is 2.29 bits per heavy atom. The lowest BCUT2D eigenvalue weighted by Gasteiger charge is -2.13. The standard InChI is InChI=1S/C14H23N3O3S/c1-2-7-16-13-6-8-15-11-14(13)21(18,19)17-9-5-12-4-3-10-20-12/h6,8,11-12,17H,2-5,7,9-10H2,1H3,(H,15,16). The van der Waals surface area contributed by atoms with Crippen LogP contribution in [-0.4, -0.2) is 39.2 Å². The largest absolute Gasteiger partial charge is 0.384 e. The zero-order valence-electron chi connectivity index (χ0n) is 12.3. The Morgan fingerprint density at radius 1 is 1.43 bits per heavy atom. The number of ether oxygens (including phenoxy) is 1. The molecule has 0 saturated carbocycles. The van der Waals surface area contributed by atoms with E-state index in [4.69, 9.17) is 4.74 Å². The lowest BCUT2D eigenvalue weighted by atomic mass is 10.2. The van der Waals surface area contributed by atoms with Crippen LogP contribution in [0.15, 0.2) is 23.4 Å². The van der Waals surface area contributed by atoms with Crippen LogP contribution < -0.4 is 10.0 Å². The highest BCUT2D eigenvalue weighted by Gasteiger charge is 2.20. The van der Waals surface area contributed by atoms with Crippen LogP contribution in [-0.2, 0) is 14.8 Å². The highest BCUT2D eigenvalue weighted by atomic mass is 32.2. The van der Waals surface area contributed by atoms with Crippen LogP contribution in [0.1, 0.15) is 32.6 Å². The highest BCUT2D eigenvalue weighted by molar-refractivity contribution is 7.89. The zero-order chi connectivity index (χ0) is 15.1. The van der Waals surface area contributed by atoms with Gasteiger partial charge in [0, 0.05) is 32.1 Å². The molecule has 1 aliphatic rings. The first-order valence-electron chi connectivity index (χ1n) is 7.42. The predicted octanol–water partition coefficient (Wildman–Crippen LogP) is 1.75. The molecule has 1 aromatic rings. The quantitative estimate of drug-likeness (QED) is 0.764. The normalized spacial score (nSPS) is 18.8. The van der Waals surface area contributed by atoms with Gasteiger partial charge in [0.2, 0.25) is 10.0 Å². The van der Waals surface area contributed by atoms with E-state index in [0.717, 1.165) is 32.4 Å². The fourth-order valence-electron chi connectivity index (χ4n) is 2.30. The number of rotatable bonds is 8. The van der Waals surface area contributed by atoms with Gasteiger partial charge in [0.1, 0.15) is 4.90 Å². The van der Waals surface area contributed by atoms with Crippen LogP contribution >= 0.6 is 0 Å². The average Bonchev–Trinajstić information content (AvgIpc) is 2.98. The summed E-state index contributed by atoms with van der Waals surface area (Å²) in [5.74, 6) is 0. The van der Waals surface area contributed by atoms with E-state index in [1.807, 2.05) is 6.92 Å². The van der Waals surface area contributed by atoms with E-state index in [1.165, 1.54) is 6.20 Å². The van der Waals surface area contributed by atoms with Crippen molar-refractivity contribution in [1.29, 1.82) is 0 Å². The molecule has 0 aliphatic carbocycles. The second kappa shape index (κ2) is 7.72. The molecule has 1 saturated heterocycles. The minimum absolute atomic E-state index is 0.180. The maximum Gasteiger partial charge on any atom is 0.244 e. The van der Waals surface area contributed by atoms with Crippen LogP contribution in [0.3, 0.4) is 0 Å². The number of aromatic nitrogens is 1. The number of nitrogens with one attached hydrogen (secondary N) is 2. The SMILES string of the molecule is CCCNc1ccncc1S(=O)(=O)NCCC1CCCO1. The third-order valence-corrected chi connectivity index (χ3v) is 4.91. The average molecular weight is 313 g/mol. The van der Waals surface area contributed by atoms with Crippen molar-refractivity contribution in [3.63, 3.8) is 0 Å². The van der Waals surface area contributed by atoms with Gasteiger partial charge < -0.3 is 10.1 Å². The molecule has 0 radical (unpaired) electrons. The molecule has 118 valence electrons. The van der Waals surface area contributed by atoms with Gasteiger partial charge in [-0.25, -0.2) is 13.1 Å². The van der Waals surface area contributed by atoms with Gasteiger partial charge in [-0.1, -0.05) is 6.92 Å². The minimum atomic E-state index is -3.54.